The highest BCUT2D eigenvalue weighted by molar-refractivity contribution is 5.79. The molecule has 0 spiro atoms. The summed E-state index contributed by atoms with van der Waals surface area (Å²) in [5, 5.41) is 10.3. The van der Waals surface area contributed by atoms with Crippen molar-refractivity contribution in [3.8, 4) is 11.5 Å². The molecule has 2 atom stereocenters. The Bertz CT molecular complexity index is 765. The monoisotopic (exact) mass is 340 g/mol. The van der Waals surface area contributed by atoms with Gasteiger partial charge in [0.15, 0.2) is 11.5 Å². The maximum absolute atomic E-state index is 12.6. The van der Waals surface area contributed by atoms with Crippen molar-refractivity contribution < 1.29 is 19.4 Å². The second-order valence-corrected chi connectivity index (χ2v) is 6.55. The molecule has 6 nitrogen and oxygen atoms in total. The highest BCUT2D eigenvalue weighted by Gasteiger charge is 2.33. The van der Waals surface area contributed by atoms with Crippen molar-refractivity contribution in [2.24, 2.45) is 5.92 Å². The predicted molar refractivity (Wildman–Crippen MR) is 90.3 cm³/mol. The third-order valence-corrected chi connectivity index (χ3v) is 4.80. The van der Waals surface area contributed by atoms with E-state index >= 15 is 0 Å². The Morgan fingerprint density at radius 2 is 1.92 bits per heavy atom. The normalized spacial score (nSPS) is 21.6. The van der Waals surface area contributed by atoms with Gasteiger partial charge in [0.1, 0.15) is 0 Å². The summed E-state index contributed by atoms with van der Waals surface area (Å²) in [7, 11) is 0. The lowest BCUT2D eigenvalue weighted by atomic mass is 9.97. The van der Waals surface area contributed by atoms with E-state index in [0.29, 0.717) is 31.0 Å². The molecule has 0 aliphatic carbocycles. The van der Waals surface area contributed by atoms with Gasteiger partial charge in [0, 0.05) is 31.4 Å². The molecule has 3 heterocycles. The summed E-state index contributed by atoms with van der Waals surface area (Å²) in [5.74, 6) is 1.48. The van der Waals surface area contributed by atoms with Crippen molar-refractivity contribution in [2.45, 2.75) is 18.9 Å². The Morgan fingerprint density at radius 3 is 2.76 bits per heavy atom. The van der Waals surface area contributed by atoms with Gasteiger partial charge in [0.2, 0.25) is 12.7 Å². The third kappa shape index (κ3) is 3.44. The fourth-order valence-electron chi connectivity index (χ4n) is 3.42. The zero-order valence-electron chi connectivity index (χ0n) is 13.8. The molecule has 6 heteroatoms. The number of nitrogens with zero attached hydrogens (tertiary/aromatic N) is 2. The van der Waals surface area contributed by atoms with E-state index in [1.807, 2.05) is 30.3 Å². The smallest absolute Gasteiger partial charge is 0.231 e. The van der Waals surface area contributed by atoms with E-state index < -0.39 is 6.10 Å². The minimum absolute atomic E-state index is 0.0233. The Kier molecular flexibility index (Phi) is 4.28. The molecule has 1 aromatic heterocycles. The zero-order chi connectivity index (χ0) is 17.2. The van der Waals surface area contributed by atoms with Crippen molar-refractivity contribution in [1.29, 1.82) is 0 Å². The van der Waals surface area contributed by atoms with Gasteiger partial charge < -0.3 is 19.5 Å². The molecule has 0 saturated carbocycles. The van der Waals surface area contributed by atoms with Gasteiger partial charge in [0.05, 0.1) is 12.5 Å². The molecule has 0 bridgehead atoms. The second kappa shape index (κ2) is 6.72. The summed E-state index contributed by atoms with van der Waals surface area (Å²) >= 11 is 0. The van der Waals surface area contributed by atoms with Crippen LogP contribution in [0.25, 0.3) is 0 Å². The number of pyridine rings is 1. The number of hydrogen-bond acceptors (Lipinski definition) is 5. The van der Waals surface area contributed by atoms with E-state index in [-0.39, 0.29) is 18.6 Å². The van der Waals surface area contributed by atoms with E-state index in [4.69, 9.17) is 9.47 Å². The summed E-state index contributed by atoms with van der Waals surface area (Å²) in [4.78, 5) is 18.3. The average Bonchev–Trinajstić information content (AvgIpc) is 3.22. The van der Waals surface area contributed by atoms with Crippen LogP contribution in [0.15, 0.2) is 42.7 Å². The molecular formula is C19H20N2O4. The van der Waals surface area contributed by atoms with E-state index in [9.17, 15) is 9.90 Å². The van der Waals surface area contributed by atoms with E-state index in [2.05, 4.69) is 4.98 Å². The van der Waals surface area contributed by atoms with Crippen LogP contribution < -0.4 is 9.47 Å². The largest absolute Gasteiger partial charge is 0.454 e. The maximum atomic E-state index is 12.6. The highest BCUT2D eigenvalue weighted by Crippen LogP contribution is 2.33. The molecule has 2 aliphatic rings. The molecule has 2 aliphatic heterocycles. The van der Waals surface area contributed by atoms with Gasteiger partial charge >= 0.3 is 0 Å². The predicted octanol–water partition coefficient (Wildman–Crippen LogP) is 1.41. The molecule has 25 heavy (non-hydrogen) atoms. The molecule has 0 radical (unpaired) electrons. The third-order valence-electron chi connectivity index (χ3n) is 4.80. The molecule has 130 valence electrons. The lowest BCUT2D eigenvalue weighted by molar-refractivity contribution is -0.129. The zero-order valence-corrected chi connectivity index (χ0v) is 13.8. The summed E-state index contributed by atoms with van der Waals surface area (Å²) in [5.41, 5.74) is 2.02. The standard InChI is InChI=1S/C19H20N2O4/c22-16-11-21(10-15(16)7-13-3-5-20-6-4-13)19(23)9-14-1-2-17-18(8-14)25-12-24-17/h1-6,8,15-16,22H,7,9-12H2/t15-,16-/m1/s1. The number of benzene rings is 1. The summed E-state index contributed by atoms with van der Waals surface area (Å²) in [6.45, 7) is 1.19. The Hall–Kier alpha value is -2.60. The van der Waals surface area contributed by atoms with Crippen molar-refractivity contribution in [3.05, 3.63) is 53.9 Å². The van der Waals surface area contributed by atoms with Crippen LogP contribution in [-0.4, -0.2) is 46.9 Å². The number of carbonyl (C=O) groups excluding carboxylic acids is 1. The first-order chi connectivity index (χ1) is 12.2. The van der Waals surface area contributed by atoms with Gasteiger partial charge in [-0.05, 0) is 41.8 Å². The first-order valence-corrected chi connectivity index (χ1v) is 8.42. The minimum Gasteiger partial charge on any atom is -0.454 e. The molecule has 1 fully saturated rings. The Morgan fingerprint density at radius 1 is 1.12 bits per heavy atom. The average molecular weight is 340 g/mol. The number of β-amino-alcohol motifs (C(OH)–C–C–N with tert-alkyl or cyclic N) is 1. The number of carbonyl (C=O) groups is 1. The van der Waals surface area contributed by atoms with Gasteiger partial charge in [-0.3, -0.25) is 9.78 Å². The molecule has 1 saturated heterocycles. The van der Waals surface area contributed by atoms with Crippen molar-refractivity contribution in [1.82, 2.24) is 9.88 Å². The number of rotatable bonds is 4. The van der Waals surface area contributed by atoms with Crippen LogP contribution in [0.5, 0.6) is 11.5 Å². The van der Waals surface area contributed by atoms with E-state index in [1.165, 1.54) is 0 Å². The number of hydrogen-bond donors (Lipinski definition) is 1. The van der Waals surface area contributed by atoms with Crippen LogP contribution in [0.4, 0.5) is 0 Å². The fourth-order valence-corrected chi connectivity index (χ4v) is 3.42. The lowest BCUT2D eigenvalue weighted by Crippen LogP contribution is -2.31. The molecule has 0 unspecified atom stereocenters. The summed E-state index contributed by atoms with van der Waals surface area (Å²) in [6.07, 6.45) is 4.05. The maximum Gasteiger partial charge on any atom is 0.231 e. The molecular weight excluding hydrogens is 320 g/mol. The number of fused-ring (bicyclic) bond motifs is 1. The van der Waals surface area contributed by atoms with Crippen molar-refractivity contribution in [2.75, 3.05) is 19.9 Å². The number of aromatic nitrogens is 1. The Balaban J connectivity index is 1.38. The molecule has 1 aromatic carbocycles. The SMILES string of the molecule is O=C(Cc1ccc2c(c1)OCO2)N1C[C@@H](Cc2ccncc2)[C@H](O)C1. The quantitative estimate of drug-likeness (QED) is 0.911. The van der Waals surface area contributed by atoms with Crippen molar-refractivity contribution in [3.63, 3.8) is 0 Å². The second-order valence-electron chi connectivity index (χ2n) is 6.55. The van der Waals surface area contributed by atoms with Crippen molar-refractivity contribution >= 4 is 5.91 Å². The van der Waals surface area contributed by atoms with Crippen LogP contribution in [0, 0.1) is 5.92 Å². The molecule has 1 N–H and O–H groups in total. The van der Waals surface area contributed by atoms with E-state index in [0.717, 1.165) is 17.5 Å². The topological polar surface area (TPSA) is 71.9 Å². The number of amides is 1. The molecule has 4 rings (SSSR count). The summed E-state index contributed by atoms with van der Waals surface area (Å²) in [6, 6.07) is 9.46. The van der Waals surface area contributed by atoms with Gasteiger partial charge in [-0.25, -0.2) is 0 Å². The minimum atomic E-state index is -0.492. The number of aliphatic hydroxyl groups is 1. The molecule has 2 aromatic rings. The first kappa shape index (κ1) is 15.9. The number of ether oxygens (including phenoxy) is 2. The van der Waals surface area contributed by atoms with Crippen LogP contribution in [-0.2, 0) is 17.6 Å². The van der Waals surface area contributed by atoms with Gasteiger partial charge in [0.25, 0.3) is 0 Å². The van der Waals surface area contributed by atoms with Crippen LogP contribution in [0.1, 0.15) is 11.1 Å². The highest BCUT2D eigenvalue weighted by atomic mass is 16.7. The lowest BCUT2D eigenvalue weighted by Gasteiger charge is -2.16. The molecule has 1 amide bonds. The summed E-state index contributed by atoms with van der Waals surface area (Å²) < 4.78 is 10.6. The van der Waals surface area contributed by atoms with Crippen LogP contribution >= 0.6 is 0 Å². The fraction of sp³-hybridized carbons (Fsp3) is 0.368. The van der Waals surface area contributed by atoms with Crippen LogP contribution in [0.2, 0.25) is 0 Å². The van der Waals surface area contributed by atoms with E-state index in [1.54, 1.807) is 17.3 Å². The number of aliphatic hydroxyl groups excluding tert-OH is 1. The van der Waals surface area contributed by atoms with Crippen LogP contribution in [0.3, 0.4) is 0 Å². The van der Waals surface area contributed by atoms with Gasteiger partial charge in [-0.1, -0.05) is 6.07 Å². The van der Waals surface area contributed by atoms with Gasteiger partial charge in [-0.15, -0.1) is 0 Å². The van der Waals surface area contributed by atoms with Gasteiger partial charge in [-0.2, -0.15) is 0 Å². The number of likely N-dealkylation sites (tertiary alicyclic amines) is 1. The first-order valence-electron chi connectivity index (χ1n) is 8.42. The Labute approximate surface area is 146 Å².